The smallest absolute Gasteiger partial charge is 0.272 e. The molecular formula is C11H14F4N2O3S. The third kappa shape index (κ3) is 3.57. The van der Waals surface area contributed by atoms with Crippen LogP contribution >= 0.6 is 11.8 Å². The van der Waals surface area contributed by atoms with E-state index in [0.717, 1.165) is 6.07 Å². The topological polar surface area (TPSA) is 90.0 Å². The number of benzene rings is 1. The zero-order chi connectivity index (χ0) is 14.2. The van der Waals surface area contributed by atoms with Crippen molar-refractivity contribution in [2.75, 3.05) is 12.9 Å². The molecule has 0 amide bonds. The number of halogens is 4. The molecule has 0 atom stereocenters. The van der Waals surface area contributed by atoms with Crippen LogP contribution in [-0.4, -0.2) is 39.8 Å². The van der Waals surface area contributed by atoms with Crippen LogP contribution in [0.2, 0.25) is 0 Å². The van der Waals surface area contributed by atoms with Gasteiger partial charge in [0.2, 0.25) is 0 Å². The maximum atomic E-state index is 14.1. The lowest BCUT2D eigenvalue weighted by molar-refractivity contribution is 0.0798. The summed E-state index contributed by atoms with van der Waals surface area (Å²) in [7, 11) is 1.51. The van der Waals surface area contributed by atoms with E-state index in [4.69, 9.17) is 0 Å². The lowest BCUT2D eigenvalue weighted by Gasteiger charge is -2.08. The summed E-state index contributed by atoms with van der Waals surface area (Å²) in [5, 5.41) is 0.416. The molecule has 21 heavy (non-hydrogen) atoms. The van der Waals surface area contributed by atoms with Gasteiger partial charge in [0.25, 0.3) is 6.43 Å². The van der Waals surface area contributed by atoms with Gasteiger partial charge in [0, 0.05) is 13.1 Å². The minimum absolute atomic E-state index is 0. The van der Waals surface area contributed by atoms with Crippen LogP contribution in [0.1, 0.15) is 0 Å². The zero-order valence-corrected chi connectivity index (χ0v) is 11.9. The minimum atomic E-state index is -2.76. The molecule has 1 heterocycles. The summed E-state index contributed by atoms with van der Waals surface area (Å²) >= 11 is 1.22. The molecule has 0 fully saturated rings. The number of aromatic nitrogens is 2. The summed E-state index contributed by atoms with van der Waals surface area (Å²) in [6, 6.07) is 0.733. The fourth-order valence-electron chi connectivity index (χ4n) is 1.70. The second-order valence-electron chi connectivity index (χ2n) is 3.73. The van der Waals surface area contributed by atoms with Gasteiger partial charge in [-0.1, -0.05) is 11.8 Å². The van der Waals surface area contributed by atoms with E-state index in [2.05, 4.69) is 9.72 Å². The molecule has 10 heteroatoms. The summed E-state index contributed by atoms with van der Waals surface area (Å²) in [5.41, 5.74) is -0.248. The summed E-state index contributed by atoms with van der Waals surface area (Å²) < 4.78 is 57.9. The minimum Gasteiger partial charge on any atom is -0.484 e. The molecule has 5 nitrogen and oxygen atoms in total. The predicted molar refractivity (Wildman–Crippen MR) is 71.1 cm³/mol. The maximum Gasteiger partial charge on any atom is 0.272 e. The Balaban J connectivity index is 0.00000200. The molecule has 0 saturated carbocycles. The molecule has 1 aromatic carbocycles. The van der Waals surface area contributed by atoms with Crippen molar-refractivity contribution in [2.24, 2.45) is 7.05 Å². The Morgan fingerprint density at radius 1 is 1.33 bits per heavy atom. The van der Waals surface area contributed by atoms with Gasteiger partial charge in [-0.05, 0) is 6.26 Å². The summed E-state index contributed by atoms with van der Waals surface area (Å²) in [5.74, 6) is -2.25. The Bertz CT molecular complexity index is 621. The van der Waals surface area contributed by atoms with Crippen LogP contribution < -0.4 is 4.74 Å². The van der Waals surface area contributed by atoms with Gasteiger partial charge in [0.05, 0.1) is 0 Å². The second-order valence-corrected chi connectivity index (χ2v) is 4.50. The highest BCUT2D eigenvalue weighted by molar-refractivity contribution is 7.98. The van der Waals surface area contributed by atoms with Gasteiger partial charge >= 0.3 is 0 Å². The number of imidazole rings is 1. The number of fused-ring (bicyclic) bond motifs is 1. The van der Waals surface area contributed by atoms with Crippen molar-refractivity contribution in [3.05, 3.63) is 17.7 Å². The Morgan fingerprint density at radius 2 is 1.95 bits per heavy atom. The number of thioether (sulfide) groups is 1. The highest BCUT2D eigenvalue weighted by Crippen LogP contribution is 2.31. The first-order valence-electron chi connectivity index (χ1n) is 5.25. The lowest BCUT2D eigenvalue weighted by Crippen LogP contribution is -2.09. The molecule has 120 valence electrons. The van der Waals surface area contributed by atoms with Crippen LogP contribution in [0.25, 0.3) is 11.0 Å². The zero-order valence-electron chi connectivity index (χ0n) is 11.1. The molecule has 0 aliphatic rings. The number of aryl methyl sites for hydroxylation is 1. The van der Waals surface area contributed by atoms with Crippen molar-refractivity contribution >= 4 is 22.8 Å². The third-order valence-electron chi connectivity index (χ3n) is 2.51. The van der Waals surface area contributed by atoms with E-state index in [9.17, 15) is 17.6 Å². The largest absolute Gasteiger partial charge is 0.484 e. The Labute approximate surface area is 121 Å². The first kappa shape index (κ1) is 19.5. The molecule has 0 saturated heterocycles. The van der Waals surface area contributed by atoms with Crippen molar-refractivity contribution in [3.63, 3.8) is 0 Å². The molecule has 0 unspecified atom stereocenters. The van der Waals surface area contributed by atoms with Gasteiger partial charge in [0.1, 0.15) is 17.6 Å². The highest BCUT2D eigenvalue weighted by atomic mass is 32.2. The average molecular weight is 330 g/mol. The fourth-order valence-corrected chi connectivity index (χ4v) is 2.25. The first-order chi connectivity index (χ1) is 8.95. The Kier molecular flexibility index (Phi) is 6.94. The highest BCUT2D eigenvalue weighted by Gasteiger charge is 2.20. The van der Waals surface area contributed by atoms with Gasteiger partial charge < -0.3 is 20.3 Å². The molecule has 4 N–H and O–H groups in total. The van der Waals surface area contributed by atoms with E-state index in [0.29, 0.717) is 5.16 Å². The van der Waals surface area contributed by atoms with Crippen molar-refractivity contribution in [1.29, 1.82) is 0 Å². The van der Waals surface area contributed by atoms with Crippen LogP contribution in [0.3, 0.4) is 0 Å². The van der Waals surface area contributed by atoms with Gasteiger partial charge in [0.15, 0.2) is 22.5 Å². The molecule has 2 aromatic rings. The molecule has 0 spiro atoms. The van der Waals surface area contributed by atoms with Crippen molar-refractivity contribution in [2.45, 2.75) is 11.6 Å². The summed E-state index contributed by atoms with van der Waals surface area (Å²) in [4.78, 5) is 3.93. The molecule has 0 aliphatic heterocycles. The van der Waals surface area contributed by atoms with Crippen molar-refractivity contribution in [3.8, 4) is 5.75 Å². The Hall–Kier alpha value is -1.52. The molecule has 2 rings (SSSR count). The predicted octanol–water partition coefficient (Wildman–Crippen LogP) is 1.57. The van der Waals surface area contributed by atoms with Crippen LogP contribution in [0.15, 0.2) is 11.2 Å². The summed E-state index contributed by atoms with van der Waals surface area (Å²) in [6.07, 6.45) is -1.04. The standard InChI is InChI=1S/C11H10F4N2OS.2H2O/c1-17-10-8(15)6(18-4-7(13)14)3-5(12)9(10)16-11(17)19-2;;/h3,7H,4H2,1-2H3;2*1H2. The van der Waals surface area contributed by atoms with Crippen molar-refractivity contribution < 1.29 is 33.3 Å². The lowest BCUT2D eigenvalue weighted by atomic mass is 10.2. The molecule has 0 aliphatic carbocycles. The Morgan fingerprint density at radius 3 is 2.48 bits per heavy atom. The number of hydrogen-bond acceptors (Lipinski definition) is 3. The third-order valence-corrected chi connectivity index (χ3v) is 3.24. The van der Waals surface area contributed by atoms with E-state index in [1.165, 1.54) is 23.4 Å². The normalized spacial score (nSPS) is 10.4. The van der Waals surface area contributed by atoms with E-state index >= 15 is 0 Å². The number of alkyl halides is 2. The quantitative estimate of drug-likeness (QED) is 0.629. The van der Waals surface area contributed by atoms with E-state index in [1.807, 2.05) is 0 Å². The first-order valence-corrected chi connectivity index (χ1v) is 6.47. The van der Waals surface area contributed by atoms with Crippen LogP contribution in [0, 0.1) is 11.6 Å². The van der Waals surface area contributed by atoms with Gasteiger partial charge in [-0.15, -0.1) is 0 Å². The van der Waals surface area contributed by atoms with E-state index in [1.54, 1.807) is 6.26 Å². The second kappa shape index (κ2) is 7.48. The fraction of sp³-hybridized carbons (Fsp3) is 0.364. The van der Waals surface area contributed by atoms with Gasteiger partial charge in [-0.2, -0.15) is 0 Å². The van der Waals surface area contributed by atoms with E-state index < -0.39 is 30.4 Å². The van der Waals surface area contributed by atoms with E-state index in [-0.39, 0.29) is 22.0 Å². The molecular weight excluding hydrogens is 316 g/mol. The average Bonchev–Trinajstić information content (AvgIpc) is 2.70. The van der Waals surface area contributed by atoms with Crippen molar-refractivity contribution in [1.82, 2.24) is 9.55 Å². The molecule has 0 bridgehead atoms. The van der Waals surface area contributed by atoms with Crippen LogP contribution in [0.5, 0.6) is 5.75 Å². The number of hydrogen-bond donors (Lipinski definition) is 0. The molecule has 1 aromatic heterocycles. The monoisotopic (exact) mass is 330 g/mol. The summed E-state index contributed by atoms with van der Waals surface area (Å²) in [6.45, 7) is -0.991. The number of rotatable bonds is 4. The molecule has 0 radical (unpaired) electrons. The van der Waals surface area contributed by atoms with Gasteiger partial charge in [-0.3, -0.25) is 0 Å². The SMILES string of the molecule is CSc1nc2c(F)cc(OCC(F)F)c(F)c2n1C.O.O. The van der Waals surface area contributed by atoms with Gasteiger partial charge in [-0.25, -0.2) is 22.5 Å². The van der Waals surface area contributed by atoms with Crippen LogP contribution in [-0.2, 0) is 7.05 Å². The van der Waals surface area contributed by atoms with Crippen LogP contribution in [0.4, 0.5) is 17.6 Å². The number of ether oxygens (including phenoxy) is 1. The number of nitrogens with zero attached hydrogens (tertiary/aromatic N) is 2. The maximum absolute atomic E-state index is 14.1.